The molecule has 28 heavy (non-hydrogen) atoms. The first-order valence-corrected chi connectivity index (χ1v) is 9.61. The van der Waals surface area contributed by atoms with Crippen LogP contribution in [0.1, 0.15) is 15.9 Å². The molecule has 2 aromatic carbocycles. The molecule has 0 radical (unpaired) electrons. The van der Waals surface area contributed by atoms with Gasteiger partial charge in [-0.25, -0.2) is 4.39 Å². The highest BCUT2D eigenvalue weighted by molar-refractivity contribution is 8.00. The smallest absolute Gasteiger partial charge is 0.270 e. The Kier molecular flexibility index (Phi) is 6.16. The number of aromatic nitrogens is 2. The number of nitrogens with one attached hydrogen (secondary N) is 1. The Labute approximate surface area is 166 Å². The first-order chi connectivity index (χ1) is 13.5. The summed E-state index contributed by atoms with van der Waals surface area (Å²) < 4.78 is 18.6. The molecule has 144 valence electrons. The first-order valence-electron chi connectivity index (χ1n) is 7.81. The molecule has 1 heterocycles. The highest BCUT2D eigenvalue weighted by Crippen LogP contribution is 2.30. The summed E-state index contributed by atoms with van der Waals surface area (Å²) in [5, 5.41) is 21.6. The molecule has 0 bridgehead atoms. The van der Waals surface area contributed by atoms with Crippen LogP contribution in [0.15, 0.2) is 46.8 Å². The molecule has 1 N–H and O–H groups in total. The highest BCUT2D eigenvalue weighted by atomic mass is 32.2. The van der Waals surface area contributed by atoms with Gasteiger partial charge >= 0.3 is 0 Å². The molecule has 3 rings (SSSR count). The van der Waals surface area contributed by atoms with Gasteiger partial charge in [-0.1, -0.05) is 35.2 Å². The Morgan fingerprint density at radius 1 is 1.29 bits per heavy atom. The number of nitro benzene ring substituents is 1. The number of nitro groups is 1. The van der Waals surface area contributed by atoms with Crippen LogP contribution >= 0.6 is 23.1 Å². The van der Waals surface area contributed by atoms with E-state index in [2.05, 4.69) is 15.5 Å². The van der Waals surface area contributed by atoms with E-state index in [-0.39, 0.29) is 27.9 Å². The van der Waals surface area contributed by atoms with Crippen molar-refractivity contribution in [2.75, 3.05) is 12.4 Å². The zero-order chi connectivity index (χ0) is 20.1. The van der Waals surface area contributed by atoms with E-state index in [1.54, 1.807) is 12.1 Å². The maximum absolute atomic E-state index is 12.9. The van der Waals surface area contributed by atoms with Gasteiger partial charge in [0, 0.05) is 17.9 Å². The molecule has 0 atom stereocenters. The van der Waals surface area contributed by atoms with Crippen molar-refractivity contribution in [3.05, 3.63) is 69.5 Å². The standard InChI is InChI=1S/C17H13FN4O4S2/c1-26-14-7-6-12(22(24)25)8-13(14)15(23)19-16-20-21-17(28-16)27-9-10-2-4-11(18)5-3-10/h2-8H,9H2,1H3,(H,19,20,23). The number of non-ortho nitro benzene ring substituents is 1. The van der Waals surface area contributed by atoms with E-state index in [0.717, 1.165) is 23.0 Å². The number of anilines is 1. The normalized spacial score (nSPS) is 10.5. The van der Waals surface area contributed by atoms with Gasteiger partial charge in [0.1, 0.15) is 11.6 Å². The molecular formula is C17H13FN4O4S2. The van der Waals surface area contributed by atoms with Crippen LogP contribution in [0.25, 0.3) is 0 Å². The third-order valence-electron chi connectivity index (χ3n) is 3.54. The van der Waals surface area contributed by atoms with Crippen molar-refractivity contribution < 1.29 is 18.8 Å². The predicted molar refractivity (Wildman–Crippen MR) is 103 cm³/mol. The number of hydrogen-bond donors (Lipinski definition) is 1. The number of halogens is 1. The molecule has 0 unspecified atom stereocenters. The zero-order valence-corrected chi connectivity index (χ0v) is 16.1. The Balaban J connectivity index is 1.67. The molecule has 0 fully saturated rings. The first kappa shape index (κ1) is 19.7. The fourth-order valence-electron chi connectivity index (χ4n) is 2.20. The molecule has 3 aromatic rings. The van der Waals surface area contributed by atoms with Gasteiger partial charge in [-0.3, -0.25) is 20.2 Å². The second kappa shape index (κ2) is 8.76. The van der Waals surface area contributed by atoms with Gasteiger partial charge in [-0.15, -0.1) is 10.2 Å². The number of hydrogen-bond acceptors (Lipinski definition) is 8. The lowest BCUT2D eigenvalue weighted by Gasteiger charge is -2.07. The van der Waals surface area contributed by atoms with Crippen LogP contribution in [0.3, 0.4) is 0 Å². The monoisotopic (exact) mass is 420 g/mol. The summed E-state index contributed by atoms with van der Waals surface area (Å²) in [4.78, 5) is 22.8. The second-order valence-corrected chi connectivity index (χ2v) is 7.58. The van der Waals surface area contributed by atoms with Crippen LogP contribution in [0.5, 0.6) is 5.75 Å². The van der Waals surface area contributed by atoms with E-state index < -0.39 is 10.8 Å². The molecule has 0 saturated carbocycles. The molecule has 0 aliphatic heterocycles. The number of thioether (sulfide) groups is 1. The van der Waals surface area contributed by atoms with E-state index in [1.807, 2.05) is 0 Å². The third-order valence-corrected chi connectivity index (χ3v) is 5.58. The topological polar surface area (TPSA) is 107 Å². The number of amides is 1. The van der Waals surface area contributed by atoms with E-state index in [4.69, 9.17) is 4.74 Å². The highest BCUT2D eigenvalue weighted by Gasteiger charge is 2.19. The number of carbonyl (C=O) groups is 1. The van der Waals surface area contributed by atoms with Crippen molar-refractivity contribution in [1.29, 1.82) is 0 Å². The molecule has 1 aromatic heterocycles. The maximum atomic E-state index is 12.9. The van der Waals surface area contributed by atoms with E-state index in [9.17, 15) is 19.3 Å². The van der Waals surface area contributed by atoms with Crippen molar-refractivity contribution in [3.63, 3.8) is 0 Å². The molecule has 8 nitrogen and oxygen atoms in total. The van der Waals surface area contributed by atoms with Crippen LogP contribution < -0.4 is 10.1 Å². The molecule has 0 spiro atoms. The van der Waals surface area contributed by atoms with E-state index in [1.165, 1.54) is 43.1 Å². The summed E-state index contributed by atoms with van der Waals surface area (Å²) in [5.41, 5.74) is 0.722. The Hall–Kier alpha value is -3.05. The fraction of sp³-hybridized carbons (Fsp3) is 0.118. The van der Waals surface area contributed by atoms with Crippen LogP contribution in [0.4, 0.5) is 15.2 Å². The summed E-state index contributed by atoms with van der Waals surface area (Å²) in [7, 11) is 1.37. The number of methoxy groups -OCH3 is 1. The molecule has 0 aliphatic rings. The van der Waals surface area contributed by atoms with Gasteiger partial charge in [0.15, 0.2) is 4.34 Å². The van der Waals surface area contributed by atoms with Gasteiger partial charge in [0.05, 0.1) is 17.6 Å². The van der Waals surface area contributed by atoms with Gasteiger partial charge < -0.3 is 4.74 Å². The SMILES string of the molecule is COc1ccc([N+](=O)[O-])cc1C(=O)Nc1nnc(SCc2ccc(F)cc2)s1. The molecule has 11 heteroatoms. The summed E-state index contributed by atoms with van der Waals surface area (Å²) in [6, 6.07) is 9.88. The van der Waals surface area contributed by atoms with Crippen LogP contribution in [0, 0.1) is 15.9 Å². The average molecular weight is 420 g/mol. The van der Waals surface area contributed by atoms with Crippen molar-refractivity contribution in [1.82, 2.24) is 10.2 Å². The minimum absolute atomic E-state index is 0.0208. The van der Waals surface area contributed by atoms with Crippen molar-refractivity contribution >= 4 is 39.8 Å². The lowest BCUT2D eigenvalue weighted by Crippen LogP contribution is -2.13. The summed E-state index contributed by atoms with van der Waals surface area (Å²) in [5.74, 6) is -0.113. The lowest BCUT2D eigenvalue weighted by atomic mass is 10.1. The van der Waals surface area contributed by atoms with Gasteiger partial charge in [-0.2, -0.15) is 0 Å². The Morgan fingerprint density at radius 3 is 2.71 bits per heavy atom. The number of carbonyl (C=O) groups excluding carboxylic acids is 1. The summed E-state index contributed by atoms with van der Waals surface area (Å²) in [6.07, 6.45) is 0. The quantitative estimate of drug-likeness (QED) is 0.265. The minimum atomic E-state index is -0.592. The fourth-order valence-corrected chi connectivity index (χ4v) is 3.90. The molecule has 1 amide bonds. The maximum Gasteiger partial charge on any atom is 0.270 e. The summed E-state index contributed by atoms with van der Waals surface area (Å²) >= 11 is 2.56. The average Bonchev–Trinajstić information content (AvgIpc) is 3.14. The lowest BCUT2D eigenvalue weighted by molar-refractivity contribution is -0.384. The minimum Gasteiger partial charge on any atom is -0.496 e. The predicted octanol–water partition coefficient (Wildman–Crippen LogP) is 4.14. The van der Waals surface area contributed by atoms with Crippen molar-refractivity contribution in [2.45, 2.75) is 10.1 Å². The number of rotatable bonds is 7. The number of benzene rings is 2. The largest absolute Gasteiger partial charge is 0.496 e. The van der Waals surface area contributed by atoms with Crippen LogP contribution in [-0.4, -0.2) is 28.1 Å². The molecule has 0 aliphatic carbocycles. The Bertz CT molecular complexity index is 1010. The van der Waals surface area contributed by atoms with Crippen molar-refractivity contribution in [2.24, 2.45) is 0 Å². The van der Waals surface area contributed by atoms with Crippen molar-refractivity contribution in [3.8, 4) is 5.75 Å². The second-order valence-electron chi connectivity index (χ2n) is 5.38. The summed E-state index contributed by atoms with van der Waals surface area (Å²) in [6.45, 7) is 0. The zero-order valence-electron chi connectivity index (χ0n) is 14.4. The van der Waals surface area contributed by atoms with Gasteiger partial charge in [0.2, 0.25) is 5.13 Å². The van der Waals surface area contributed by atoms with E-state index >= 15 is 0 Å². The molecular weight excluding hydrogens is 407 g/mol. The Morgan fingerprint density at radius 2 is 2.04 bits per heavy atom. The van der Waals surface area contributed by atoms with Gasteiger partial charge in [-0.05, 0) is 23.8 Å². The number of nitrogens with zero attached hydrogens (tertiary/aromatic N) is 3. The van der Waals surface area contributed by atoms with Crippen LogP contribution in [0.2, 0.25) is 0 Å². The van der Waals surface area contributed by atoms with E-state index in [0.29, 0.717) is 10.1 Å². The third kappa shape index (κ3) is 4.81. The van der Waals surface area contributed by atoms with Crippen LogP contribution in [-0.2, 0) is 5.75 Å². The van der Waals surface area contributed by atoms with Gasteiger partial charge in [0.25, 0.3) is 11.6 Å². The molecule has 0 saturated heterocycles. The number of ether oxygens (including phenoxy) is 1.